The average molecular weight is 298 g/mol. The second kappa shape index (κ2) is 7.10. The van der Waals surface area contributed by atoms with Crippen molar-refractivity contribution in [2.75, 3.05) is 6.54 Å². The van der Waals surface area contributed by atoms with Crippen molar-refractivity contribution in [2.24, 2.45) is 0 Å². The Morgan fingerprint density at radius 3 is 2.58 bits per heavy atom. The first-order chi connectivity index (χ1) is 8.81. The zero-order valence-electron chi connectivity index (χ0n) is 10.5. The van der Waals surface area contributed by atoms with Gasteiger partial charge in [0, 0.05) is 17.5 Å². The van der Waals surface area contributed by atoms with Crippen LogP contribution < -0.4 is 5.32 Å². The fourth-order valence-corrected chi connectivity index (χ4v) is 2.06. The summed E-state index contributed by atoms with van der Waals surface area (Å²) in [6.45, 7) is 2.36. The third-order valence-corrected chi connectivity index (χ3v) is 3.11. The van der Waals surface area contributed by atoms with E-state index in [0.29, 0.717) is 17.1 Å². The number of alkyl halides is 3. The number of nitrogens with one attached hydrogen (secondary N) is 1. The maximum atomic E-state index is 13.1. The monoisotopic (exact) mass is 297 g/mol. The van der Waals surface area contributed by atoms with Crippen molar-refractivity contribution < 1.29 is 17.6 Å². The summed E-state index contributed by atoms with van der Waals surface area (Å²) in [6.07, 6.45) is -4.82. The minimum Gasteiger partial charge on any atom is -0.314 e. The molecule has 1 unspecified atom stereocenters. The van der Waals surface area contributed by atoms with Gasteiger partial charge in [-0.2, -0.15) is 13.2 Å². The quantitative estimate of drug-likeness (QED) is 0.770. The largest absolute Gasteiger partial charge is 0.389 e. The zero-order chi connectivity index (χ0) is 14.5. The predicted molar refractivity (Wildman–Crippen MR) is 67.9 cm³/mol. The molecule has 1 nitrogen and oxygen atoms in total. The molecule has 1 rings (SSSR count). The summed E-state index contributed by atoms with van der Waals surface area (Å²) in [5.41, 5.74) is 0.523. The van der Waals surface area contributed by atoms with Crippen molar-refractivity contribution in [1.82, 2.24) is 5.32 Å². The topological polar surface area (TPSA) is 12.0 Å². The van der Waals surface area contributed by atoms with E-state index in [4.69, 9.17) is 11.6 Å². The second-order valence-electron chi connectivity index (χ2n) is 4.35. The van der Waals surface area contributed by atoms with E-state index >= 15 is 0 Å². The second-order valence-corrected chi connectivity index (χ2v) is 4.76. The Bertz CT molecular complexity index is 406. The summed E-state index contributed by atoms with van der Waals surface area (Å²) in [4.78, 5) is 0. The number of hydrogen-bond acceptors (Lipinski definition) is 1. The van der Waals surface area contributed by atoms with Gasteiger partial charge in [0.05, 0.1) is 0 Å². The third kappa shape index (κ3) is 6.25. The Balaban J connectivity index is 2.69. The molecule has 0 aliphatic carbocycles. The van der Waals surface area contributed by atoms with E-state index in [2.05, 4.69) is 5.32 Å². The van der Waals surface area contributed by atoms with Gasteiger partial charge in [0.1, 0.15) is 5.82 Å². The van der Waals surface area contributed by atoms with Crippen LogP contribution in [-0.4, -0.2) is 18.8 Å². The van der Waals surface area contributed by atoms with Crippen LogP contribution in [0.4, 0.5) is 17.6 Å². The summed E-state index contributed by atoms with van der Waals surface area (Å²) in [6, 6.07) is 3.54. The van der Waals surface area contributed by atoms with Gasteiger partial charge in [-0.1, -0.05) is 18.5 Å². The Kier molecular flexibility index (Phi) is 6.07. The minimum atomic E-state index is -4.18. The molecule has 0 saturated heterocycles. The van der Waals surface area contributed by atoms with Crippen LogP contribution in [0.2, 0.25) is 5.02 Å². The standard InChI is InChI=1S/C13H16ClF4N/c1-2-19-11(5-6-13(16,17)18)8-9-7-10(15)3-4-12(9)14/h3-4,7,11,19H,2,5-6,8H2,1H3. The number of likely N-dealkylation sites (N-methyl/N-ethyl adjacent to an activating group) is 1. The van der Waals surface area contributed by atoms with Gasteiger partial charge < -0.3 is 5.32 Å². The zero-order valence-corrected chi connectivity index (χ0v) is 11.3. The van der Waals surface area contributed by atoms with Crippen LogP contribution in [0.1, 0.15) is 25.3 Å². The van der Waals surface area contributed by atoms with E-state index in [9.17, 15) is 17.6 Å². The number of rotatable bonds is 6. The lowest BCUT2D eigenvalue weighted by Crippen LogP contribution is -2.32. The van der Waals surface area contributed by atoms with Crippen LogP contribution in [0.15, 0.2) is 18.2 Å². The third-order valence-electron chi connectivity index (χ3n) is 2.74. The molecule has 19 heavy (non-hydrogen) atoms. The molecular formula is C13H16ClF4N. The highest BCUT2D eigenvalue weighted by atomic mass is 35.5. The SMILES string of the molecule is CCNC(CCC(F)(F)F)Cc1cc(F)ccc1Cl. The van der Waals surface area contributed by atoms with E-state index < -0.39 is 18.4 Å². The van der Waals surface area contributed by atoms with Crippen molar-refractivity contribution in [3.05, 3.63) is 34.6 Å². The van der Waals surface area contributed by atoms with Crippen molar-refractivity contribution in [1.29, 1.82) is 0 Å². The van der Waals surface area contributed by atoms with Gasteiger partial charge in [-0.3, -0.25) is 0 Å². The van der Waals surface area contributed by atoms with Gasteiger partial charge in [-0.15, -0.1) is 0 Å². The first kappa shape index (κ1) is 16.2. The number of halogens is 5. The molecule has 1 atom stereocenters. The molecule has 0 spiro atoms. The normalized spacial score (nSPS) is 13.6. The highest BCUT2D eigenvalue weighted by Gasteiger charge is 2.28. The summed E-state index contributed by atoms with van der Waals surface area (Å²) in [5, 5.41) is 3.34. The van der Waals surface area contributed by atoms with E-state index in [0.717, 1.165) is 0 Å². The lowest BCUT2D eigenvalue weighted by molar-refractivity contribution is -0.136. The van der Waals surface area contributed by atoms with Crippen LogP contribution in [-0.2, 0) is 6.42 Å². The van der Waals surface area contributed by atoms with Crippen LogP contribution in [0.5, 0.6) is 0 Å². The summed E-state index contributed by atoms with van der Waals surface area (Å²) < 4.78 is 49.8. The molecule has 1 aromatic rings. The predicted octanol–water partition coefficient (Wildman–Crippen LogP) is 4.34. The molecule has 0 aliphatic rings. The first-order valence-electron chi connectivity index (χ1n) is 6.06. The number of benzene rings is 1. The van der Waals surface area contributed by atoms with Crippen molar-refractivity contribution >= 4 is 11.6 Å². The molecule has 1 N–H and O–H groups in total. The highest BCUT2D eigenvalue weighted by molar-refractivity contribution is 6.31. The maximum Gasteiger partial charge on any atom is 0.389 e. The molecule has 0 saturated carbocycles. The average Bonchev–Trinajstić information content (AvgIpc) is 2.30. The van der Waals surface area contributed by atoms with Crippen LogP contribution >= 0.6 is 11.6 Å². The summed E-state index contributed by atoms with van der Waals surface area (Å²) in [7, 11) is 0. The summed E-state index contributed by atoms with van der Waals surface area (Å²) in [5.74, 6) is -0.439. The van der Waals surface area contributed by atoms with Crippen molar-refractivity contribution in [3.63, 3.8) is 0 Å². The first-order valence-corrected chi connectivity index (χ1v) is 6.43. The molecule has 0 bridgehead atoms. The molecule has 0 aromatic heterocycles. The fraction of sp³-hybridized carbons (Fsp3) is 0.538. The van der Waals surface area contributed by atoms with E-state index in [-0.39, 0.29) is 18.9 Å². The van der Waals surface area contributed by atoms with Gasteiger partial charge in [-0.25, -0.2) is 4.39 Å². The van der Waals surface area contributed by atoms with Crippen LogP contribution in [0.25, 0.3) is 0 Å². The lowest BCUT2D eigenvalue weighted by Gasteiger charge is -2.19. The molecule has 108 valence electrons. The number of hydrogen-bond donors (Lipinski definition) is 1. The van der Waals surface area contributed by atoms with Crippen molar-refractivity contribution in [3.8, 4) is 0 Å². The molecule has 6 heteroatoms. The molecular weight excluding hydrogens is 282 g/mol. The van der Waals surface area contributed by atoms with Gasteiger partial charge in [-0.05, 0) is 43.1 Å². The van der Waals surface area contributed by atoms with Gasteiger partial charge in [0.25, 0.3) is 0 Å². The van der Waals surface area contributed by atoms with Gasteiger partial charge in [0.2, 0.25) is 0 Å². The van der Waals surface area contributed by atoms with Crippen LogP contribution in [0, 0.1) is 5.82 Å². The Hall–Kier alpha value is -0.810. The highest BCUT2D eigenvalue weighted by Crippen LogP contribution is 2.25. The van der Waals surface area contributed by atoms with E-state index in [1.807, 2.05) is 6.92 Å². The van der Waals surface area contributed by atoms with E-state index in [1.54, 1.807) is 0 Å². The summed E-state index contributed by atoms with van der Waals surface area (Å²) >= 11 is 5.91. The Labute approximate surface area is 115 Å². The van der Waals surface area contributed by atoms with Crippen molar-refractivity contribution in [2.45, 2.75) is 38.4 Å². The van der Waals surface area contributed by atoms with Gasteiger partial charge in [0.15, 0.2) is 0 Å². The van der Waals surface area contributed by atoms with Gasteiger partial charge >= 0.3 is 6.18 Å². The van der Waals surface area contributed by atoms with E-state index in [1.165, 1.54) is 18.2 Å². The molecule has 0 radical (unpaired) electrons. The fourth-order valence-electron chi connectivity index (χ4n) is 1.87. The Morgan fingerprint density at radius 2 is 2.00 bits per heavy atom. The molecule has 0 fully saturated rings. The maximum absolute atomic E-state index is 13.1. The molecule has 1 aromatic carbocycles. The molecule has 0 amide bonds. The minimum absolute atomic E-state index is 0.0514. The Morgan fingerprint density at radius 1 is 1.32 bits per heavy atom. The molecule has 0 aliphatic heterocycles. The molecule has 0 heterocycles. The van der Waals surface area contributed by atoms with Crippen LogP contribution in [0.3, 0.4) is 0 Å². The lowest BCUT2D eigenvalue weighted by atomic mass is 10.0. The smallest absolute Gasteiger partial charge is 0.314 e.